The van der Waals surface area contributed by atoms with Crippen LogP contribution in [0, 0.1) is 5.92 Å². The molecule has 0 unspecified atom stereocenters. The van der Waals surface area contributed by atoms with Crippen LogP contribution < -0.4 is 15.4 Å². The van der Waals surface area contributed by atoms with Crippen LogP contribution in [0.1, 0.15) is 25.7 Å². The molecule has 1 fully saturated rings. The van der Waals surface area contributed by atoms with Crippen molar-refractivity contribution in [3.8, 4) is 16.9 Å². The molecule has 5 N–H and O–H groups in total. The molecule has 0 bridgehead atoms. The predicted molar refractivity (Wildman–Crippen MR) is 138 cm³/mol. The standard InChI is InChI=1S/C28H34N2O7/c1-36-26(25(33)24(32)21(31)15-14-17-8-5-6-9-17)28(35)29-20-16-37-22-13-7-12-19(23(22)30-27(20)34)18-10-3-2-4-11-18/h2-4,7,10-15,17,20-21,24-26,31-33H,5-6,8-9,16H2,1H3,(H,29,35)(H,30,34)/b15-14+/t20-,21+,24-,25+,26+/m0/s1. The zero-order valence-corrected chi connectivity index (χ0v) is 20.7. The third kappa shape index (κ3) is 6.37. The van der Waals surface area contributed by atoms with Crippen molar-refractivity contribution in [1.29, 1.82) is 0 Å². The summed E-state index contributed by atoms with van der Waals surface area (Å²) in [7, 11) is 1.20. The summed E-state index contributed by atoms with van der Waals surface area (Å²) >= 11 is 0. The Kier molecular flexibility index (Phi) is 8.94. The number of benzene rings is 2. The SMILES string of the molecule is CO[C@@H](C(=O)N[C@H]1COc2cccc(-c3ccccc3)c2NC1=O)[C@H](O)[C@@H](O)[C@H](O)/C=C/C1CCCC1. The third-order valence-corrected chi connectivity index (χ3v) is 6.90. The van der Waals surface area contributed by atoms with E-state index in [1.54, 1.807) is 6.07 Å². The number of hydrogen-bond acceptors (Lipinski definition) is 7. The predicted octanol–water partition coefficient (Wildman–Crippen LogP) is 2.01. The molecule has 1 saturated carbocycles. The van der Waals surface area contributed by atoms with E-state index in [4.69, 9.17) is 9.47 Å². The van der Waals surface area contributed by atoms with Gasteiger partial charge in [-0.1, -0.05) is 67.5 Å². The second-order valence-corrected chi connectivity index (χ2v) is 9.46. The van der Waals surface area contributed by atoms with Gasteiger partial charge in [-0.3, -0.25) is 9.59 Å². The number of aliphatic hydroxyl groups excluding tert-OH is 3. The van der Waals surface area contributed by atoms with Gasteiger partial charge in [0, 0.05) is 12.7 Å². The van der Waals surface area contributed by atoms with Gasteiger partial charge in [0.05, 0.1) is 5.69 Å². The molecule has 2 aliphatic rings. The number of anilines is 1. The highest BCUT2D eigenvalue weighted by Gasteiger charge is 2.37. The first-order valence-electron chi connectivity index (χ1n) is 12.6. The molecule has 1 aliphatic heterocycles. The Bertz CT molecular complexity index is 1100. The molecule has 4 rings (SSSR count). The molecule has 9 heteroatoms. The number of rotatable bonds is 9. The highest BCUT2D eigenvalue weighted by Crippen LogP contribution is 2.37. The number of allylic oxidation sites excluding steroid dienone is 1. The number of carbonyl (C=O) groups excluding carboxylic acids is 2. The van der Waals surface area contributed by atoms with Crippen molar-refractivity contribution in [2.24, 2.45) is 5.92 Å². The first-order chi connectivity index (χ1) is 17.9. The highest BCUT2D eigenvalue weighted by atomic mass is 16.5. The number of hydrogen-bond donors (Lipinski definition) is 5. The molecule has 9 nitrogen and oxygen atoms in total. The van der Waals surface area contributed by atoms with E-state index in [0.717, 1.165) is 36.8 Å². The number of methoxy groups -OCH3 is 1. The smallest absolute Gasteiger partial charge is 0.252 e. The van der Waals surface area contributed by atoms with Crippen molar-refractivity contribution < 1.29 is 34.4 Å². The average molecular weight is 511 g/mol. The zero-order chi connectivity index (χ0) is 26.4. The normalized spacial score (nSPS) is 21.3. The molecule has 1 heterocycles. The van der Waals surface area contributed by atoms with E-state index in [9.17, 15) is 24.9 Å². The van der Waals surface area contributed by atoms with Crippen molar-refractivity contribution >= 4 is 17.5 Å². The lowest BCUT2D eigenvalue weighted by Gasteiger charge is -2.28. The number of carbonyl (C=O) groups is 2. The Labute approximate surface area is 216 Å². The summed E-state index contributed by atoms with van der Waals surface area (Å²) in [6.45, 7) is -0.148. The zero-order valence-electron chi connectivity index (χ0n) is 20.7. The lowest BCUT2D eigenvalue weighted by Crippen LogP contribution is -2.56. The lowest BCUT2D eigenvalue weighted by atomic mass is 9.99. The Morgan fingerprint density at radius 1 is 1.08 bits per heavy atom. The average Bonchev–Trinajstić information content (AvgIpc) is 3.38. The summed E-state index contributed by atoms with van der Waals surface area (Å²) in [4.78, 5) is 26.0. The van der Waals surface area contributed by atoms with Gasteiger partial charge in [-0.05, 0) is 30.4 Å². The van der Waals surface area contributed by atoms with Crippen molar-refractivity contribution in [3.63, 3.8) is 0 Å². The van der Waals surface area contributed by atoms with E-state index in [-0.39, 0.29) is 6.61 Å². The second-order valence-electron chi connectivity index (χ2n) is 9.46. The quantitative estimate of drug-likeness (QED) is 0.326. The maximum Gasteiger partial charge on any atom is 0.252 e. The Morgan fingerprint density at radius 2 is 1.81 bits per heavy atom. The molecular weight excluding hydrogens is 476 g/mol. The summed E-state index contributed by atoms with van der Waals surface area (Å²) in [5.74, 6) is -0.526. The third-order valence-electron chi connectivity index (χ3n) is 6.90. The van der Waals surface area contributed by atoms with Crippen LogP contribution in [0.15, 0.2) is 60.7 Å². The van der Waals surface area contributed by atoms with Gasteiger partial charge < -0.3 is 35.4 Å². The van der Waals surface area contributed by atoms with Gasteiger partial charge in [-0.2, -0.15) is 0 Å². The van der Waals surface area contributed by atoms with Crippen LogP contribution in [0.3, 0.4) is 0 Å². The van der Waals surface area contributed by atoms with Crippen LogP contribution in [-0.2, 0) is 14.3 Å². The Balaban J connectivity index is 1.41. The summed E-state index contributed by atoms with van der Waals surface area (Å²) in [6.07, 6.45) is 1.28. The Morgan fingerprint density at radius 3 is 2.51 bits per heavy atom. The largest absolute Gasteiger partial charge is 0.489 e. The fraction of sp³-hybridized carbons (Fsp3) is 0.429. The molecule has 0 aromatic heterocycles. The van der Waals surface area contributed by atoms with Gasteiger partial charge in [0.1, 0.15) is 36.7 Å². The van der Waals surface area contributed by atoms with Crippen LogP contribution >= 0.6 is 0 Å². The minimum atomic E-state index is -1.73. The molecule has 2 aromatic rings. The van der Waals surface area contributed by atoms with Crippen LogP contribution in [0.25, 0.3) is 11.1 Å². The number of aliphatic hydroxyl groups is 3. The fourth-order valence-electron chi connectivity index (χ4n) is 4.78. The van der Waals surface area contributed by atoms with Gasteiger partial charge in [-0.15, -0.1) is 0 Å². The second kappa shape index (κ2) is 12.3. The molecule has 37 heavy (non-hydrogen) atoms. The minimum Gasteiger partial charge on any atom is -0.489 e. The van der Waals surface area contributed by atoms with Crippen LogP contribution in [-0.4, -0.2) is 71.3 Å². The van der Waals surface area contributed by atoms with Crippen LogP contribution in [0.5, 0.6) is 5.75 Å². The molecule has 2 amide bonds. The highest BCUT2D eigenvalue weighted by molar-refractivity contribution is 6.02. The molecule has 0 spiro atoms. The Hall–Kier alpha value is -3.24. The fourth-order valence-corrected chi connectivity index (χ4v) is 4.78. The summed E-state index contributed by atoms with van der Waals surface area (Å²) in [5, 5.41) is 36.8. The summed E-state index contributed by atoms with van der Waals surface area (Å²) in [6, 6.07) is 13.8. The molecule has 0 radical (unpaired) electrons. The number of nitrogens with one attached hydrogen (secondary N) is 2. The first kappa shape index (κ1) is 26.8. The van der Waals surface area contributed by atoms with Crippen LogP contribution in [0.4, 0.5) is 5.69 Å². The van der Waals surface area contributed by atoms with Gasteiger partial charge >= 0.3 is 0 Å². The van der Waals surface area contributed by atoms with E-state index in [2.05, 4.69) is 10.6 Å². The minimum absolute atomic E-state index is 0.148. The number of ether oxygens (including phenoxy) is 2. The maximum atomic E-state index is 13.0. The first-order valence-corrected chi connectivity index (χ1v) is 12.6. The van der Waals surface area contributed by atoms with E-state index >= 15 is 0 Å². The number of para-hydroxylation sites is 1. The van der Waals surface area contributed by atoms with E-state index < -0.39 is 42.3 Å². The lowest BCUT2D eigenvalue weighted by molar-refractivity contribution is -0.150. The molecular formula is C28H34N2O7. The van der Waals surface area contributed by atoms with Gasteiger partial charge in [-0.25, -0.2) is 0 Å². The van der Waals surface area contributed by atoms with E-state index in [1.165, 1.54) is 13.2 Å². The van der Waals surface area contributed by atoms with Gasteiger partial charge in [0.2, 0.25) is 0 Å². The molecule has 2 aromatic carbocycles. The molecule has 1 aliphatic carbocycles. The number of fused-ring (bicyclic) bond motifs is 1. The van der Waals surface area contributed by atoms with Gasteiger partial charge in [0.15, 0.2) is 6.10 Å². The van der Waals surface area contributed by atoms with Crippen molar-refractivity contribution in [1.82, 2.24) is 5.32 Å². The molecule has 0 saturated heterocycles. The monoisotopic (exact) mass is 510 g/mol. The molecule has 198 valence electrons. The topological polar surface area (TPSA) is 137 Å². The van der Waals surface area contributed by atoms with Crippen molar-refractivity contribution in [2.45, 2.75) is 56.1 Å². The van der Waals surface area contributed by atoms with Crippen molar-refractivity contribution in [2.75, 3.05) is 19.0 Å². The van der Waals surface area contributed by atoms with Crippen LogP contribution in [0.2, 0.25) is 0 Å². The van der Waals surface area contributed by atoms with E-state index in [0.29, 0.717) is 17.4 Å². The van der Waals surface area contributed by atoms with Gasteiger partial charge in [0.25, 0.3) is 11.8 Å². The van der Waals surface area contributed by atoms with Crippen molar-refractivity contribution in [3.05, 3.63) is 60.7 Å². The van der Waals surface area contributed by atoms with E-state index in [1.807, 2.05) is 48.5 Å². The maximum absolute atomic E-state index is 13.0. The summed E-state index contributed by atoms with van der Waals surface area (Å²) < 4.78 is 11.0. The number of amides is 2. The molecule has 5 atom stereocenters. The summed E-state index contributed by atoms with van der Waals surface area (Å²) in [5.41, 5.74) is 2.15.